The van der Waals surface area contributed by atoms with Crippen molar-refractivity contribution < 1.29 is 9.59 Å². The van der Waals surface area contributed by atoms with Gasteiger partial charge >= 0.3 is 0 Å². The lowest BCUT2D eigenvalue weighted by Crippen LogP contribution is -2.14. The number of nitriles is 1. The SMILES string of the molecule is N#CCC(=O)Nc1cccc(CC(N)=O)c1. The van der Waals surface area contributed by atoms with E-state index in [1.54, 1.807) is 30.3 Å². The van der Waals surface area contributed by atoms with Crippen molar-refractivity contribution in [1.29, 1.82) is 5.26 Å². The Morgan fingerprint density at radius 3 is 2.81 bits per heavy atom. The summed E-state index contributed by atoms with van der Waals surface area (Å²) in [4.78, 5) is 21.8. The highest BCUT2D eigenvalue weighted by atomic mass is 16.1. The van der Waals surface area contributed by atoms with Crippen molar-refractivity contribution in [2.45, 2.75) is 12.8 Å². The zero-order valence-electron chi connectivity index (χ0n) is 8.56. The second-order valence-electron chi connectivity index (χ2n) is 3.23. The van der Waals surface area contributed by atoms with Crippen LogP contribution in [0.1, 0.15) is 12.0 Å². The highest BCUT2D eigenvalue weighted by molar-refractivity contribution is 5.92. The molecule has 1 aromatic carbocycles. The summed E-state index contributed by atoms with van der Waals surface area (Å²) in [5.41, 5.74) is 6.33. The van der Waals surface area contributed by atoms with Crippen LogP contribution in [0.3, 0.4) is 0 Å². The molecule has 1 aromatic rings. The molecule has 0 aliphatic carbocycles. The number of hydrogen-bond donors (Lipinski definition) is 2. The van der Waals surface area contributed by atoms with Gasteiger partial charge in [-0.05, 0) is 17.7 Å². The van der Waals surface area contributed by atoms with Crippen molar-refractivity contribution in [1.82, 2.24) is 0 Å². The fourth-order valence-electron chi connectivity index (χ4n) is 1.24. The molecule has 2 amide bonds. The Hall–Kier alpha value is -2.35. The van der Waals surface area contributed by atoms with Crippen LogP contribution in [0.5, 0.6) is 0 Å². The van der Waals surface area contributed by atoms with Gasteiger partial charge in [-0.15, -0.1) is 0 Å². The minimum Gasteiger partial charge on any atom is -0.369 e. The van der Waals surface area contributed by atoms with Gasteiger partial charge < -0.3 is 11.1 Å². The van der Waals surface area contributed by atoms with Gasteiger partial charge in [-0.1, -0.05) is 12.1 Å². The van der Waals surface area contributed by atoms with Crippen molar-refractivity contribution in [3.63, 3.8) is 0 Å². The molecule has 0 unspecified atom stereocenters. The van der Waals surface area contributed by atoms with Crippen LogP contribution in [0.4, 0.5) is 5.69 Å². The number of carbonyl (C=O) groups excluding carboxylic acids is 2. The van der Waals surface area contributed by atoms with Gasteiger partial charge in [-0.25, -0.2) is 0 Å². The summed E-state index contributed by atoms with van der Waals surface area (Å²) in [7, 11) is 0. The third-order valence-corrected chi connectivity index (χ3v) is 1.83. The summed E-state index contributed by atoms with van der Waals surface area (Å²) >= 11 is 0. The summed E-state index contributed by atoms with van der Waals surface area (Å²) in [5.74, 6) is -0.806. The summed E-state index contributed by atoms with van der Waals surface area (Å²) in [6.45, 7) is 0. The molecule has 82 valence electrons. The van der Waals surface area contributed by atoms with Crippen LogP contribution in [0.15, 0.2) is 24.3 Å². The maximum Gasteiger partial charge on any atom is 0.238 e. The summed E-state index contributed by atoms with van der Waals surface area (Å²) < 4.78 is 0. The number of nitrogens with one attached hydrogen (secondary N) is 1. The molecule has 0 aliphatic rings. The van der Waals surface area contributed by atoms with E-state index in [0.29, 0.717) is 5.69 Å². The van der Waals surface area contributed by atoms with Gasteiger partial charge in [0, 0.05) is 5.69 Å². The quantitative estimate of drug-likeness (QED) is 0.771. The second-order valence-corrected chi connectivity index (χ2v) is 3.23. The normalized spacial score (nSPS) is 9.19. The number of rotatable bonds is 4. The van der Waals surface area contributed by atoms with Gasteiger partial charge in [0.2, 0.25) is 11.8 Å². The number of amides is 2. The lowest BCUT2D eigenvalue weighted by Gasteiger charge is -2.04. The van der Waals surface area contributed by atoms with E-state index in [1.165, 1.54) is 0 Å². The van der Waals surface area contributed by atoms with Gasteiger partial charge in [-0.2, -0.15) is 5.26 Å². The van der Waals surface area contributed by atoms with E-state index in [0.717, 1.165) is 5.56 Å². The first-order valence-corrected chi connectivity index (χ1v) is 4.66. The average molecular weight is 217 g/mol. The van der Waals surface area contributed by atoms with Gasteiger partial charge in [-0.3, -0.25) is 9.59 Å². The Kier molecular flexibility index (Phi) is 4.04. The number of benzene rings is 1. The molecule has 0 aromatic heterocycles. The van der Waals surface area contributed by atoms with E-state index < -0.39 is 5.91 Å². The molecule has 1 rings (SSSR count). The Morgan fingerprint density at radius 1 is 1.44 bits per heavy atom. The summed E-state index contributed by atoms with van der Waals surface area (Å²) in [6, 6.07) is 8.53. The fraction of sp³-hybridized carbons (Fsp3) is 0.182. The molecule has 0 fully saturated rings. The van der Waals surface area contributed by atoms with Crippen molar-refractivity contribution in [2.24, 2.45) is 5.73 Å². The molecule has 0 heterocycles. The summed E-state index contributed by atoms with van der Waals surface area (Å²) in [5, 5.41) is 10.9. The van der Waals surface area contributed by atoms with Crippen LogP contribution in [-0.2, 0) is 16.0 Å². The molecule has 5 nitrogen and oxygen atoms in total. The Balaban J connectivity index is 2.71. The van der Waals surface area contributed by atoms with Crippen molar-refractivity contribution in [3.05, 3.63) is 29.8 Å². The first kappa shape index (κ1) is 11.7. The van der Waals surface area contributed by atoms with Crippen LogP contribution in [0.25, 0.3) is 0 Å². The molecular formula is C11H11N3O2. The predicted molar refractivity (Wildman–Crippen MR) is 58.2 cm³/mol. The maximum absolute atomic E-state index is 11.1. The molecule has 5 heteroatoms. The van der Waals surface area contributed by atoms with Gasteiger partial charge in [0.15, 0.2) is 0 Å². The minimum atomic E-state index is -0.430. The van der Waals surface area contributed by atoms with Crippen molar-refractivity contribution in [3.8, 4) is 6.07 Å². The van der Waals surface area contributed by atoms with Crippen molar-refractivity contribution >= 4 is 17.5 Å². The monoisotopic (exact) mass is 217 g/mol. The number of nitrogens with zero attached hydrogens (tertiary/aromatic N) is 1. The van der Waals surface area contributed by atoms with E-state index in [9.17, 15) is 9.59 Å². The Morgan fingerprint density at radius 2 is 2.19 bits per heavy atom. The standard InChI is InChI=1S/C11H11N3O2/c12-5-4-11(16)14-9-3-1-2-8(6-9)7-10(13)15/h1-3,6H,4,7H2,(H2,13,15)(H,14,16). The van der Waals surface area contributed by atoms with Crippen LogP contribution in [0.2, 0.25) is 0 Å². The highest BCUT2D eigenvalue weighted by Gasteiger charge is 2.03. The highest BCUT2D eigenvalue weighted by Crippen LogP contribution is 2.11. The lowest BCUT2D eigenvalue weighted by molar-refractivity contribution is -0.117. The molecule has 0 spiro atoms. The third kappa shape index (κ3) is 3.80. The molecule has 0 radical (unpaired) electrons. The zero-order valence-corrected chi connectivity index (χ0v) is 8.56. The first-order valence-electron chi connectivity index (χ1n) is 4.66. The number of hydrogen-bond acceptors (Lipinski definition) is 3. The largest absolute Gasteiger partial charge is 0.369 e. The Bertz CT molecular complexity index is 449. The number of primary amides is 1. The smallest absolute Gasteiger partial charge is 0.238 e. The predicted octanol–water partition coefficient (Wildman–Crippen LogP) is 0.567. The zero-order chi connectivity index (χ0) is 12.0. The van der Waals surface area contributed by atoms with Crippen LogP contribution >= 0.6 is 0 Å². The van der Waals surface area contributed by atoms with Crippen LogP contribution in [-0.4, -0.2) is 11.8 Å². The fourth-order valence-corrected chi connectivity index (χ4v) is 1.24. The first-order chi connectivity index (χ1) is 7.61. The average Bonchev–Trinajstić information content (AvgIpc) is 2.17. The molecule has 3 N–H and O–H groups in total. The number of carbonyl (C=O) groups is 2. The van der Waals surface area contributed by atoms with E-state index in [1.807, 2.05) is 0 Å². The molecule has 0 bridgehead atoms. The molecule has 0 saturated heterocycles. The molecule has 0 atom stereocenters. The van der Waals surface area contributed by atoms with E-state index in [2.05, 4.69) is 5.32 Å². The number of anilines is 1. The van der Waals surface area contributed by atoms with Crippen molar-refractivity contribution in [2.75, 3.05) is 5.32 Å². The molecule has 16 heavy (non-hydrogen) atoms. The molecule has 0 aliphatic heterocycles. The minimum absolute atomic E-state index is 0.127. The second kappa shape index (κ2) is 5.51. The topological polar surface area (TPSA) is 96.0 Å². The molecular weight excluding hydrogens is 206 g/mol. The molecule has 0 saturated carbocycles. The van der Waals surface area contributed by atoms with Crippen LogP contribution in [0, 0.1) is 11.3 Å². The number of nitrogens with two attached hydrogens (primary N) is 1. The van der Waals surface area contributed by atoms with E-state index in [-0.39, 0.29) is 18.7 Å². The van der Waals surface area contributed by atoms with E-state index >= 15 is 0 Å². The van der Waals surface area contributed by atoms with Gasteiger partial charge in [0.05, 0.1) is 12.5 Å². The van der Waals surface area contributed by atoms with Gasteiger partial charge in [0.25, 0.3) is 0 Å². The maximum atomic E-state index is 11.1. The van der Waals surface area contributed by atoms with Crippen LogP contribution < -0.4 is 11.1 Å². The Labute approximate surface area is 92.9 Å². The summed E-state index contributed by atoms with van der Waals surface area (Å²) in [6.07, 6.45) is -0.0675. The van der Waals surface area contributed by atoms with E-state index in [4.69, 9.17) is 11.0 Å². The third-order valence-electron chi connectivity index (χ3n) is 1.83. The van der Waals surface area contributed by atoms with Gasteiger partial charge in [0.1, 0.15) is 6.42 Å². The lowest BCUT2D eigenvalue weighted by atomic mass is 10.1.